The number of nitrogens with zero attached hydrogens (tertiary/aromatic N) is 2. The van der Waals surface area contributed by atoms with E-state index in [1.807, 2.05) is 43.3 Å². The molecule has 1 aliphatic carbocycles. The molecular weight excluding hydrogens is 646 g/mol. The van der Waals surface area contributed by atoms with Crippen LogP contribution in [0, 0.1) is 6.92 Å². The fourth-order valence-corrected chi connectivity index (χ4v) is 7.75. The van der Waals surface area contributed by atoms with Crippen LogP contribution in [-0.4, -0.2) is 50.9 Å². The quantitative estimate of drug-likeness (QED) is 0.164. The van der Waals surface area contributed by atoms with Crippen LogP contribution in [0.15, 0.2) is 108 Å². The summed E-state index contributed by atoms with van der Waals surface area (Å²) in [5.41, 5.74) is 2.70. The Hall–Kier alpha value is -4.34. The van der Waals surface area contributed by atoms with Crippen molar-refractivity contribution in [2.24, 2.45) is 0 Å². The number of halogens is 1. The van der Waals surface area contributed by atoms with E-state index in [-0.39, 0.29) is 35.5 Å². The molecule has 0 bridgehead atoms. The molecule has 5 rings (SSSR count). The van der Waals surface area contributed by atoms with Crippen LogP contribution in [0.4, 0.5) is 5.69 Å². The minimum absolute atomic E-state index is 0.0136. The lowest BCUT2D eigenvalue weighted by atomic mass is 9.94. The van der Waals surface area contributed by atoms with Gasteiger partial charge in [0.2, 0.25) is 11.8 Å². The highest BCUT2D eigenvalue weighted by molar-refractivity contribution is 7.92. The molecule has 1 fully saturated rings. The third-order valence-electron chi connectivity index (χ3n) is 8.71. The Bertz CT molecular complexity index is 1790. The number of anilines is 1. The van der Waals surface area contributed by atoms with Crippen LogP contribution in [0.2, 0.25) is 5.02 Å². The van der Waals surface area contributed by atoms with E-state index < -0.39 is 28.5 Å². The summed E-state index contributed by atoms with van der Waals surface area (Å²) >= 11 is 6.36. The second kappa shape index (κ2) is 16.2. The number of amides is 2. The molecule has 4 aromatic carbocycles. The maximum Gasteiger partial charge on any atom is 0.264 e. The zero-order valence-electron chi connectivity index (χ0n) is 27.3. The number of ether oxygens (including phenoxy) is 1. The summed E-state index contributed by atoms with van der Waals surface area (Å²) in [6.45, 7) is 1.34. The van der Waals surface area contributed by atoms with E-state index >= 15 is 0 Å². The number of aryl methyl sites for hydroxylation is 1. The predicted molar refractivity (Wildman–Crippen MR) is 190 cm³/mol. The molecule has 48 heavy (non-hydrogen) atoms. The zero-order valence-corrected chi connectivity index (χ0v) is 28.9. The summed E-state index contributed by atoms with van der Waals surface area (Å²) in [7, 11) is -2.80. The van der Waals surface area contributed by atoms with Crippen LogP contribution in [0.1, 0.15) is 48.8 Å². The Morgan fingerprint density at radius 3 is 2.23 bits per heavy atom. The summed E-state index contributed by atoms with van der Waals surface area (Å²) < 4.78 is 35.3. The number of carbonyl (C=O) groups excluding carboxylic acids is 2. The van der Waals surface area contributed by atoms with Crippen molar-refractivity contribution >= 4 is 39.1 Å². The summed E-state index contributed by atoms with van der Waals surface area (Å²) in [6, 6.07) is 28.9. The molecule has 0 aromatic heterocycles. The third kappa shape index (κ3) is 8.76. The standard InChI is InChI=1S/C38H42ClN3O5S/c1-28-20-22-33(23-21-28)48(45,46)42(34-18-9-10-19-36(34)47-2)27-37(43)41(26-30-14-11-15-31(39)24-30)35(25-29-12-5-3-6-13-29)38(44)40-32-16-7-4-8-17-32/h3,5-6,9-15,18-24,32,35H,4,7-8,16-17,25-27H2,1-2H3,(H,40,44). The smallest absolute Gasteiger partial charge is 0.264 e. The van der Waals surface area contributed by atoms with Crippen LogP contribution in [0.5, 0.6) is 5.75 Å². The Morgan fingerprint density at radius 1 is 0.875 bits per heavy atom. The van der Waals surface area contributed by atoms with Crippen LogP contribution in [0.3, 0.4) is 0 Å². The van der Waals surface area contributed by atoms with Gasteiger partial charge in [0.1, 0.15) is 18.3 Å². The monoisotopic (exact) mass is 687 g/mol. The highest BCUT2D eigenvalue weighted by Gasteiger charge is 2.36. The van der Waals surface area contributed by atoms with Gasteiger partial charge in [0.25, 0.3) is 10.0 Å². The van der Waals surface area contributed by atoms with E-state index in [1.54, 1.807) is 54.6 Å². The molecular formula is C38H42ClN3O5S. The molecule has 1 N–H and O–H groups in total. The SMILES string of the molecule is COc1ccccc1N(CC(=O)N(Cc1cccc(Cl)c1)C(Cc1ccccc1)C(=O)NC1CCCCC1)S(=O)(=O)c1ccc(C)cc1. The summed E-state index contributed by atoms with van der Waals surface area (Å²) in [6.07, 6.45) is 5.19. The van der Waals surface area contributed by atoms with Gasteiger partial charge in [0.15, 0.2) is 0 Å². The lowest BCUT2D eigenvalue weighted by molar-refractivity contribution is -0.140. The Labute approximate surface area is 288 Å². The van der Waals surface area contributed by atoms with Gasteiger partial charge in [0, 0.05) is 24.0 Å². The normalized spacial score (nSPS) is 14.1. The van der Waals surface area contributed by atoms with Crippen molar-refractivity contribution in [3.05, 3.63) is 125 Å². The van der Waals surface area contributed by atoms with Gasteiger partial charge in [-0.05, 0) is 67.3 Å². The molecule has 1 saturated carbocycles. The molecule has 1 aliphatic rings. The predicted octanol–water partition coefficient (Wildman–Crippen LogP) is 6.94. The van der Waals surface area contributed by atoms with E-state index in [2.05, 4.69) is 5.32 Å². The molecule has 0 aliphatic heterocycles. The number of rotatable bonds is 13. The van der Waals surface area contributed by atoms with Crippen LogP contribution < -0.4 is 14.4 Å². The van der Waals surface area contributed by atoms with Gasteiger partial charge in [-0.3, -0.25) is 13.9 Å². The number of benzene rings is 4. The average molecular weight is 688 g/mol. The third-order valence-corrected chi connectivity index (χ3v) is 10.7. The second-order valence-corrected chi connectivity index (χ2v) is 14.5. The molecule has 0 heterocycles. The van der Waals surface area contributed by atoms with E-state index in [4.69, 9.17) is 16.3 Å². The number of hydrogen-bond donors (Lipinski definition) is 1. The Balaban J connectivity index is 1.58. The second-order valence-electron chi connectivity index (χ2n) is 12.2. The highest BCUT2D eigenvalue weighted by Crippen LogP contribution is 2.33. The molecule has 4 aromatic rings. The van der Waals surface area contributed by atoms with Crippen molar-refractivity contribution in [2.75, 3.05) is 18.0 Å². The average Bonchev–Trinajstić information content (AvgIpc) is 3.09. The first kappa shape index (κ1) is 35.0. The summed E-state index contributed by atoms with van der Waals surface area (Å²) in [5, 5.41) is 3.72. The Kier molecular flexibility index (Phi) is 11.8. The van der Waals surface area contributed by atoms with Gasteiger partial charge in [-0.1, -0.05) is 103 Å². The highest BCUT2D eigenvalue weighted by atomic mass is 35.5. The Morgan fingerprint density at radius 2 is 1.54 bits per heavy atom. The van der Waals surface area contributed by atoms with Gasteiger partial charge >= 0.3 is 0 Å². The van der Waals surface area contributed by atoms with Crippen LogP contribution >= 0.6 is 11.6 Å². The van der Waals surface area contributed by atoms with Crippen molar-refractivity contribution < 1.29 is 22.7 Å². The number of sulfonamides is 1. The van der Waals surface area contributed by atoms with Gasteiger partial charge < -0.3 is 15.0 Å². The first-order chi connectivity index (χ1) is 23.2. The topological polar surface area (TPSA) is 96.0 Å². The van der Waals surface area contributed by atoms with Gasteiger partial charge in [-0.2, -0.15) is 0 Å². The maximum atomic E-state index is 14.7. The number of nitrogens with one attached hydrogen (secondary N) is 1. The zero-order chi connectivity index (χ0) is 34.1. The first-order valence-corrected chi connectivity index (χ1v) is 18.1. The fraction of sp³-hybridized carbons (Fsp3) is 0.316. The summed E-state index contributed by atoms with van der Waals surface area (Å²) in [4.78, 5) is 30.5. The van der Waals surface area contributed by atoms with E-state index in [0.29, 0.717) is 16.3 Å². The van der Waals surface area contributed by atoms with Crippen LogP contribution in [0.25, 0.3) is 0 Å². The molecule has 10 heteroatoms. The number of carbonyl (C=O) groups is 2. The molecule has 0 spiro atoms. The van der Waals surface area contributed by atoms with Crippen molar-refractivity contribution in [3.63, 3.8) is 0 Å². The lowest BCUT2D eigenvalue weighted by Gasteiger charge is -2.35. The lowest BCUT2D eigenvalue weighted by Crippen LogP contribution is -2.55. The van der Waals surface area contributed by atoms with Crippen molar-refractivity contribution in [1.82, 2.24) is 10.2 Å². The molecule has 1 atom stereocenters. The maximum absolute atomic E-state index is 14.7. The fourth-order valence-electron chi connectivity index (χ4n) is 6.12. The number of para-hydroxylation sites is 2. The van der Waals surface area contributed by atoms with E-state index in [0.717, 1.165) is 47.5 Å². The van der Waals surface area contributed by atoms with Crippen molar-refractivity contribution in [1.29, 1.82) is 0 Å². The molecule has 252 valence electrons. The minimum atomic E-state index is -4.25. The van der Waals surface area contributed by atoms with Gasteiger partial charge in [-0.25, -0.2) is 8.42 Å². The van der Waals surface area contributed by atoms with Gasteiger partial charge in [-0.15, -0.1) is 0 Å². The molecule has 2 amide bonds. The molecule has 8 nitrogen and oxygen atoms in total. The van der Waals surface area contributed by atoms with E-state index in [9.17, 15) is 18.0 Å². The molecule has 0 saturated heterocycles. The van der Waals surface area contributed by atoms with Crippen LogP contribution in [-0.2, 0) is 32.6 Å². The number of hydrogen-bond acceptors (Lipinski definition) is 5. The number of methoxy groups -OCH3 is 1. The minimum Gasteiger partial charge on any atom is -0.495 e. The largest absolute Gasteiger partial charge is 0.495 e. The van der Waals surface area contributed by atoms with E-state index in [1.165, 1.54) is 24.1 Å². The molecule has 1 unspecified atom stereocenters. The van der Waals surface area contributed by atoms with Gasteiger partial charge in [0.05, 0.1) is 17.7 Å². The summed E-state index contributed by atoms with van der Waals surface area (Å²) in [5.74, 6) is -0.527. The first-order valence-electron chi connectivity index (χ1n) is 16.3. The van der Waals surface area contributed by atoms with Crippen molar-refractivity contribution in [2.45, 2.75) is 69.0 Å². The molecule has 0 radical (unpaired) electrons. The van der Waals surface area contributed by atoms with Crippen molar-refractivity contribution in [3.8, 4) is 5.75 Å².